The van der Waals surface area contributed by atoms with Crippen molar-refractivity contribution >= 4 is 17.5 Å². The zero-order valence-corrected chi connectivity index (χ0v) is 15.2. The van der Waals surface area contributed by atoms with Gasteiger partial charge in [0.1, 0.15) is 5.75 Å². The molecule has 0 aliphatic carbocycles. The Bertz CT molecular complexity index is 879. The van der Waals surface area contributed by atoms with E-state index in [-0.39, 0.29) is 0 Å². The zero-order valence-electron chi connectivity index (χ0n) is 15.2. The van der Waals surface area contributed by atoms with E-state index in [2.05, 4.69) is 25.9 Å². The van der Waals surface area contributed by atoms with Crippen molar-refractivity contribution in [2.24, 2.45) is 0 Å². The highest BCUT2D eigenvalue weighted by molar-refractivity contribution is 6.00. The van der Waals surface area contributed by atoms with E-state index < -0.39 is 6.03 Å². The van der Waals surface area contributed by atoms with Crippen LogP contribution in [0.5, 0.6) is 5.75 Å². The molecule has 8 heteroatoms. The van der Waals surface area contributed by atoms with Crippen LogP contribution in [0.1, 0.15) is 16.8 Å². The summed E-state index contributed by atoms with van der Waals surface area (Å²) in [6, 6.07) is 7.10. The van der Waals surface area contributed by atoms with Gasteiger partial charge in [-0.3, -0.25) is 10.3 Å². The monoisotopic (exact) mass is 367 g/mol. The lowest BCUT2D eigenvalue weighted by Gasteiger charge is -2.13. The molecule has 1 aromatic carbocycles. The molecule has 0 spiro atoms. The highest BCUT2D eigenvalue weighted by Crippen LogP contribution is 2.25. The second-order valence-corrected chi connectivity index (χ2v) is 5.89. The molecular weight excluding hydrogens is 346 g/mol. The van der Waals surface area contributed by atoms with E-state index in [1.54, 1.807) is 31.9 Å². The summed E-state index contributed by atoms with van der Waals surface area (Å²) in [5.41, 5.74) is 3.45. The Balaban J connectivity index is 1.58. The number of aromatic nitrogens is 2. The Morgan fingerprint density at radius 3 is 2.67 bits per heavy atom. The van der Waals surface area contributed by atoms with Crippen LogP contribution in [0, 0.1) is 6.92 Å². The molecule has 0 atom stereocenters. The number of ether oxygens (including phenoxy) is 1. The van der Waals surface area contributed by atoms with Crippen LogP contribution in [-0.4, -0.2) is 23.1 Å². The van der Waals surface area contributed by atoms with Gasteiger partial charge in [0.25, 0.3) is 0 Å². The number of benzene rings is 1. The molecule has 0 unspecified atom stereocenters. The molecule has 2 amide bonds. The number of methoxy groups -OCH3 is 1. The number of nitrogens with zero attached hydrogens (tertiary/aromatic N) is 2. The Morgan fingerprint density at radius 2 is 1.96 bits per heavy atom. The summed E-state index contributed by atoms with van der Waals surface area (Å²) in [5.74, 6) is 0.944. The molecule has 0 radical (unpaired) electrons. The molecule has 0 bridgehead atoms. The number of urea groups is 1. The number of aryl methyl sites for hydroxylation is 1. The molecule has 27 heavy (non-hydrogen) atoms. The molecule has 0 aliphatic heterocycles. The molecule has 0 saturated heterocycles. The fraction of sp³-hybridized carbons (Fsp3) is 0.211. The van der Waals surface area contributed by atoms with Crippen molar-refractivity contribution in [1.29, 1.82) is 0 Å². The van der Waals surface area contributed by atoms with Crippen LogP contribution in [-0.2, 0) is 13.1 Å². The lowest BCUT2D eigenvalue weighted by molar-refractivity contribution is 0.262. The van der Waals surface area contributed by atoms with Crippen LogP contribution >= 0.6 is 0 Å². The van der Waals surface area contributed by atoms with E-state index in [4.69, 9.17) is 9.15 Å². The largest absolute Gasteiger partial charge is 0.495 e. The summed E-state index contributed by atoms with van der Waals surface area (Å²) in [6.07, 6.45) is 6.44. The Kier molecular flexibility index (Phi) is 6.01. The molecule has 140 valence electrons. The zero-order chi connectivity index (χ0) is 19.1. The smallest absolute Gasteiger partial charge is 0.324 e. The fourth-order valence-electron chi connectivity index (χ4n) is 2.42. The second kappa shape index (κ2) is 8.81. The van der Waals surface area contributed by atoms with Gasteiger partial charge in [-0.1, -0.05) is 6.07 Å². The molecule has 2 heterocycles. The topological polar surface area (TPSA) is 101 Å². The van der Waals surface area contributed by atoms with Crippen molar-refractivity contribution in [3.05, 3.63) is 66.0 Å². The van der Waals surface area contributed by atoms with E-state index in [0.29, 0.717) is 30.3 Å². The molecule has 8 nitrogen and oxygen atoms in total. The quantitative estimate of drug-likeness (QED) is 0.592. The van der Waals surface area contributed by atoms with Crippen molar-refractivity contribution in [2.75, 3.05) is 17.7 Å². The average molecular weight is 367 g/mol. The standard InChI is InChI=1S/C19H21N5O3/c1-13-8-22-18(11-21-13)24-19(25)23-16-4-3-14(7-17(16)26-2)9-20-10-15-5-6-27-12-15/h3-8,11-12,20H,9-10H2,1-2H3,(H2,22,23,24,25). The summed E-state index contributed by atoms with van der Waals surface area (Å²) < 4.78 is 10.4. The first-order chi connectivity index (χ1) is 13.1. The van der Waals surface area contributed by atoms with Gasteiger partial charge in [0, 0.05) is 18.7 Å². The summed E-state index contributed by atoms with van der Waals surface area (Å²) in [6.45, 7) is 3.19. The van der Waals surface area contributed by atoms with Gasteiger partial charge in [0.05, 0.1) is 43.4 Å². The van der Waals surface area contributed by atoms with E-state index in [1.165, 1.54) is 6.20 Å². The maximum Gasteiger partial charge on any atom is 0.324 e. The lowest BCUT2D eigenvalue weighted by atomic mass is 10.2. The van der Waals surface area contributed by atoms with Gasteiger partial charge < -0.3 is 19.8 Å². The molecular formula is C19H21N5O3. The molecule has 0 saturated carbocycles. The van der Waals surface area contributed by atoms with E-state index >= 15 is 0 Å². The van der Waals surface area contributed by atoms with Crippen LogP contribution in [0.3, 0.4) is 0 Å². The van der Waals surface area contributed by atoms with Gasteiger partial charge in [-0.2, -0.15) is 0 Å². The van der Waals surface area contributed by atoms with Crippen molar-refractivity contribution in [3.8, 4) is 5.75 Å². The van der Waals surface area contributed by atoms with Crippen LogP contribution < -0.4 is 20.7 Å². The van der Waals surface area contributed by atoms with Gasteiger partial charge >= 0.3 is 6.03 Å². The van der Waals surface area contributed by atoms with E-state index in [1.807, 2.05) is 25.1 Å². The Labute approximate surface area is 157 Å². The maximum absolute atomic E-state index is 12.2. The number of carbonyl (C=O) groups excluding carboxylic acids is 1. The number of carbonyl (C=O) groups is 1. The highest BCUT2D eigenvalue weighted by Gasteiger charge is 2.09. The molecule has 2 aromatic heterocycles. The van der Waals surface area contributed by atoms with Crippen LogP contribution in [0.15, 0.2) is 53.6 Å². The Morgan fingerprint density at radius 1 is 1.11 bits per heavy atom. The lowest BCUT2D eigenvalue weighted by Crippen LogP contribution is -2.20. The van der Waals surface area contributed by atoms with Crippen LogP contribution in [0.2, 0.25) is 0 Å². The third kappa shape index (κ3) is 5.29. The fourth-order valence-corrected chi connectivity index (χ4v) is 2.42. The molecule has 3 rings (SSSR count). The minimum atomic E-state index is -0.419. The van der Waals surface area contributed by atoms with Gasteiger partial charge in [-0.25, -0.2) is 9.78 Å². The third-order valence-electron chi connectivity index (χ3n) is 3.78. The number of hydrogen-bond donors (Lipinski definition) is 3. The van der Waals surface area contributed by atoms with Gasteiger partial charge in [0.2, 0.25) is 0 Å². The number of hydrogen-bond acceptors (Lipinski definition) is 6. The van der Waals surface area contributed by atoms with Crippen LogP contribution in [0.4, 0.5) is 16.3 Å². The third-order valence-corrected chi connectivity index (χ3v) is 3.78. The first kappa shape index (κ1) is 18.4. The van der Waals surface area contributed by atoms with Gasteiger partial charge in [0.15, 0.2) is 5.82 Å². The number of amides is 2. The van der Waals surface area contributed by atoms with Crippen molar-refractivity contribution in [3.63, 3.8) is 0 Å². The van der Waals surface area contributed by atoms with Crippen LogP contribution in [0.25, 0.3) is 0 Å². The van der Waals surface area contributed by atoms with E-state index in [9.17, 15) is 4.79 Å². The molecule has 0 fully saturated rings. The minimum Gasteiger partial charge on any atom is -0.495 e. The number of furan rings is 1. The number of anilines is 2. The first-order valence-electron chi connectivity index (χ1n) is 8.39. The summed E-state index contributed by atoms with van der Waals surface area (Å²) in [4.78, 5) is 20.3. The predicted octanol–water partition coefficient (Wildman–Crippen LogP) is 3.32. The molecule has 3 N–H and O–H groups in total. The predicted molar refractivity (Wildman–Crippen MR) is 102 cm³/mol. The summed E-state index contributed by atoms with van der Waals surface area (Å²) >= 11 is 0. The average Bonchev–Trinajstić information content (AvgIpc) is 3.18. The van der Waals surface area contributed by atoms with Gasteiger partial charge in [-0.15, -0.1) is 0 Å². The first-order valence-corrected chi connectivity index (χ1v) is 8.39. The highest BCUT2D eigenvalue weighted by atomic mass is 16.5. The second-order valence-electron chi connectivity index (χ2n) is 5.89. The molecule has 3 aromatic rings. The van der Waals surface area contributed by atoms with Crippen molar-refractivity contribution in [1.82, 2.24) is 15.3 Å². The van der Waals surface area contributed by atoms with Crippen molar-refractivity contribution in [2.45, 2.75) is 20.0 Å². The maximum atomic E-state index is 12.2. The minimum absolute atomic E-state index is 0.372. The summed E-state index contributed by atoms with van der Waals surface area (Å²) in [7, 11) is 1.56. The normalized spacial score (nSPS) is 10.4. The molecule has 0 aliphatic rings. The summed E-state index contributed by atoms with van der Waals surface area (Å²) in [5, 5.41) is 8.71. The number of rotatable bonds is 7. The van der Waals surface area contributed by atoms with Gasteiger partial charge in [-0.05, 0) is 30.7 Å². The Hall–Kier alpha value is -3.39. The SMILES string of the molecule is COc1cc(CNCc2ccoc2)ccc1NC(=O)Nc1cnc(C)cn1. The van der Waals surface area contributed by atoms with E-state index in [0.717, 1.165) is 16.8 Å². The van der Waals surface area contributed by atoms with Crippen molar-refractivity contribution < 1.29 is 13.9 Å². The number of nitrogens with one attached hydrogen (secondary N) is 3.